The maximum atomic E-state index is 12.2. The van der Waals surface area contributed by atoms with E-state index in [2.05, 4.69) is 20.7 Å². The second kappa shape index (κ2) is 8.63. The van der Waals surface area contributed by atoms with Crippen molar-refractivity contribution in [2.45, 2.75) is 6.92 Å². The number of carboxylic acids is 1. The van der Waals surface area contributed by atoms with Crippen LogP contribution in [0.2, 0.25) is 0 Å². The van der Waals surface area contributed by atoms with E-state index in [1.165, 1.54) is 6.21 Å². The zero-order valence-electron chi connectivity index (χ0n) is 15.0. The Bertz CT molecular complexity index is 1010. The summed E-state index contributed by atoms with van der Waals surface area (Å²) in [6, 6.07) is 16.2. The minimum Gasteiger partial charge on any atom is -0.481 e. The van der Waals surface area contributed by atoms with Crippen molar-refractivity contribution in [3.63, 3.8) is 0 Å². The van der Waals surface area contributed by atoms with E-state index < -0.39 is 18.5 Å². The highest BCUT2D eigenvalue weighted by atomic mass is 16.5. The topological polar surface area (TPSA) is 117 Å². The molecule has 0 aliphatic heterocycles. The number of rotatable bonds is 7. The Labute approximate surface area is 160 Å². The van der Waals surface area contributed by atoms with Crippen LogP contribution in [0.4, 0.5) is 0 Å². The lowest BCUT2D eigenvalue weighted by molar-refractivity contribution is -0.139. The van der Waals surface area contributed by atoms with Gasteiger partial charge in [-0.3, -0.25) is 9.89 Å². The number of nitrogens with one attached hydrogen (secondary N) is 2. The van der Waals surface area contributed by atoms with Gasteiger partial charge in [0.1, 0.15) is 11.4 Å². The molecular weight excluding hydrogens is 360 g/mol. The van der Waals surface area contributed by atoms with Gasteiger partial charge in [-0.1, -0.05) is 42.0 Å². The number of para-hydroxylation sites is 1. The van der Waals surface area contributed by atoms with Crippen molar-refractivity contribution in [3.8, 4) is 17.0 Å². The van der Waals surface area contributed by atoms with E-state index in [1.807, 2.05) is 31.2 Å². The molecule has 3 aromatic rings. The number of carboxylic acid groups (broad SMARTS) is 1. The van der Waals surface area contributed by atoms with Gasteiger partial charge < -0.3 is 9.84 Å². The number of amides is 1. The van der Waals surface area contributed by atoms with Crippen LogP contribution in [0.1, 0.15) is 21.6 Å². The van der Waals surface area contributed by atoms with Crippen molar-refractivity contribution in [3.05, 3.63) is 71.4 Å². The quantitative estimate of drug-likeness (QED) is 0.432. The van der Waals surface area contributed by atoms with Gasteiger partial charge in [0.15, 0.2) is 6.61 Å². The summed E-state index contributed by atoms with van der Waals surface area (Å²) in [7, 11) is 0. The first kappa shape index (κ1) is 18.8. The molecule has 2 aromatic carbocycles. The van der Waals surface area contributed by atoms with Gasteiger partial charge in [0.05, 0.1) is 11.9 Å². The number of hydrazone groups is 1. The number of aromatic nitrogens is 2. The average molecular weight is 378 g/mol. The first-order valence-corrected chi connectivity index (χ1v) is 8.42. The number of aromatic amines is 1. The van der Waals surface area contributed by atoms with Gasteiger partial charge in [-0.05, 0) is 25.1 Å². The standard InChI is InChI=1S/C20H18N4O4/c1-13-6-8-14(9-7-13)16-10-17(23-22-16)20(27)24-21-11-15-4-2-3-5-18(15)28-12-19(25)26/h2-11H,12H2,1H3,(H,22,23)(H,24,27)(H,25,26)/b21-11-. The number of hydrogen-bond acceptors (Lipinski definition) is 5. The van der Waals surface area contributed by atoms with E-state index in [0.29, 0.717) is 17.0 Å². The molecular formula is C20H18N4O4. The largest absolute Gasteiger partial charge is 0.481 e. The fraction of sp³-hybridized carbons (Fsp3) is 0.100. The molecule has 1 aromatic heterocycles. The van der Waals surface area contributed by atoms with Crippen LogP contribution in [0.25, 0.3) is 11.3 Å². The molecule has 0 saturated heterocycles. The Morgan fingerprint density at radius 2 is 1.96 bits per heavy atom. The second-order valence-electron chi connectivity index (χ2n) is 5.95. The zero-order chi connectivity index (χ0) is 19.9. The number of aryl methyl sites for hydroxylation is 1. The highest BCUT2D eigenvalue weighted by Gasteiger charge is 2.10. The monoisotopic (exact) mass is 378 g/mol. The van der Waals surface area contributed by atoms with Crippen LogP contribution in [-0.4, -0.2) is 40.0 Å². The first-order valence-electron chi connectivity index (χ1n) is 8.42. The van der Waals surface area contributed by atoms with E-state index >= 15 is 0 Å². The van der Waals surface area contributed by atoms with Crippen molar-refractivity contribution < 1.29 is 19.4 Å². The molecule has 0 fully saturated rings. The molecule has 0 unspecified atom stereocenters. The molecule has 0 saturated carbocycles. The summed E-state index contributed by atoms with van der Waals surface area (Å²) in [4.78, 5) is 22.9. The summed E-state index contributed by atoms with van der Waals surface area (Å²) >= 11 is 0. The molecule has 142 valence electrons. The third kappa shape index (κ3) is 4.82. The van der Waals surface area contributed by atoms with Gasteiger partial charge in [0.25, 0.3) is 5.91 Å². The number of benzene rings is 2. The van der Waals surface area contributed by atoms with Crippen molar-refractivity contribution in [2.24, 2.45) is 5.10 Å². The Balaban J connectivity index is 1.65. The minimum absolute atomic E-state index is 0.267. The van der Waals surface area contributed by atoms with Gasteiger partial charge in [0.2, 0.25) is 0 Å². The van der Waals surface area contributed by atoms with Crippen molar-refractivity contribution >= 4 is 18.1 Å². The molecule has 1 heterocycles. The summed E-state index contributed by atoms with van der Waals surface area (Å²) in [6.45, 7) is 1.53. The molecule has 8 heteroatoms. The van der Waals surface area contributed by atoms with Crippen molar-refractivity contribution in [1.82, 2.24) is 15.6 Å². The van der Waals surface area contributed by atoms with Gasteiger partial charge in [-0.2, -0.15) is 10.2 Å². The maximum Gasteiger partial charge on any atom is 0.341 e. The highest BCUT2D eigenvalue weighted by Crippen LogP contribution is 2.18. The van der Waals surface area contributed by atoms with E-state index in [1.54, 1.807) is 30.3 Å². The predicted octanol–water partition coefficient (Wildman–Crippen LogP) is 2.61. The third-order valence-corrected chi connectivity index (χ3v) is 3.81. The highest BCUT2D eigenvalue weighted by molar-refractivity contribution is 5.94. The Hall–Kier alpha value is -3.94. The van der Waals surface area contributed by atoms with Crippen molar-refractivity contribution in [1.29, 1.82) is 0 Å². The number of aliphatic carboxylic acids is 1. The lowest BCUT2D eigenvalue weighted by Crippen LogP contribution is -2.18. The molecule has 0 spiro atoms. The molecule has 0 atom stereocenters. The van der Waals surface area contributed by atoms with Gasteiger partial charge in [0, 0.05) is 11.1 Å². The SMILES string of the molecule is Cc1ccc(-c2cc(C(=O)N/N=C\c3ccccc3OCC(=O)O)[nH]n2)cc1. The molecule has 0 bridgehead atoms. The van der Waals surface area contributed by atoms with E-state index in [9.17, 15) is 9.59 Å². The van der Waals surface area contributed by atoms with Crippen LogP contribution < -0.4 is 10.2 Å². The Kier molecular flexibility index (Phi) is 5.81. The molecule has 8 nitrogen and oxygen atoms in total. The molecule has 0 aliphatic carbocycles. The first-order chi connectivity index (χ1) is 13.5. The number of hydrogen-bond donors (Lipinski definition) is 3. The van der Waals surface area contributed by atoms with Crippen molar-refractivity contribution in [2.75, 3.05) is 6.61 Å². The Morgan fingerprint density at radius 3 is 2.71 bits per heavy atom. The summed E-state index contributed by atoms with van der Waals surface area (Å²) in [5.41, 5.74) is 5.89. The fourth-order valence-corrected chi connectivity index (χ4v) is 2.39. The average Bonchev–Trinajstić information content (AvgIpc) is 3.18. The normalized spacial score (nSPS) is 10.8. The number of ether oxygens (including phenoxy) is 1. The fourth-order valence-electron chi connectivity index (χ4n) is 2.39. The maximum absolute atomic E-state index is 12.2. The van der Waals surface area contributed by atoms with Crippen LogP contribution in [-0.2, 0) is 4.79 Å². The van der Waals surface area contributed by atoms with Crippen LogP contribution in [0.3, 0.4) is 0 Å². The summed E-state index contributed by atoms with van der Waals surface area (Å²) in [5, 5.41) is 19.4. The van der Waals surface area contributed by atoms with Gasteiger partial charge in [-0.25, -0.2) is 10.2 Å². The number of H-pyrrole nitrogens is 1. The lowest BCUT2D eigenvalue weighted by Gasteiger charge is -2.06. The summed E-state index contributed by atoms with van der Waals surface area (Å²) in [5.74, 6) is -1.18. The molecule has 0 radical (unpaired) electrons. The summed E-state index contributed by atoms with van der Waals surface area (Å²) in [6.07, 6.45) is 1.38. The number of nitrogens with zero attached hydrogens (tertiary/aromatic N) is 2. The van der Waals surface area contributed by atoms with Gasteiger partial charge in [-0.15, -0.1) is 0 Å². The lowest BCUT2D eigenvalue weighted by atomic mass is 10.1. The number of carbonyl (C=O) groups is 2. The van der Waals surface area contributed by atoms with E-state index in [0.717, 1.165) is 11.1 Å². The Morgan fingerprint density at radius 1 is 1.21 bits per heavy atom. The molecule has 0 aliphatic rings. The van der Waals surface area contributed by atoms with E-state index in [4.69, 9.17) is 9.84 Å². The molecule has 3 rings (SSSR count). The second-order valence-corrected chi connectivity index (χ2v) is 5.95. The van der Waals surface area contributed by atoms with E-state index in [-0.39, 0.29) is 5.69 Å². The smallest absolute Gasteiger partial charge is 0.341 e. The zero-order valence-corrected chi connectivity index (χ0v) is 15.0. The van der Waals surface area contributed by atoms with Crippen LogP contribution >= 0.6 is 0 Å². The van der Waals surface area contributed by atoms with Gasteiger partial charge >= 0.3 is 5.97 Å². The third-order valence-electron chi connectivity index (χ3n) is 3.81. The minimum atomic E-state index is -1.08. The molecule has 28 heavy (non-hydrogen) atoms. The predicted molar refractivity (Wildman–Crippen MR) is 103 cm³/mol. The van der Waals surface area contributed by atoms with Crippen LogP contribution in [0.5, 0.6) is 5.75 Å². The molecule has 3 N–H and O–H groups in total. The van der Waals surface area contributed by atoms with Crippen LogP contribution in [0, 0.1) is 6.92 Å². The molecule has 1 amide bonds. The van der Waals surface area contributed by atoms with Crippen LogP contribution in [0.15, 0.2) is 59.7 Å². The summed E-state index contributed by atoms with van der Waals surface area (Å²) < 4.78 is 5.18. The number of carbonyl (C=O) groups excluding carboxylic acids is 1.